The summed E-state index contributed by atoms with van der Waals surface area (Å²) < 4.78 is 27.7. The van der Waals surface area contributed by atoms with Crippen LogP contribution in [0.1, 0.15) is 26.7 Å². The van der Waals surface area contributed by atoms with E-state index in [1.165, 1.54) is 0 Å². The van der Waals surface area contributed by atoms with Gasteiger partial charge in [0.05, 0.1) is 6.10 Å². The molecule has 1 atom stereocenters. The minimum Gasteiger partial charge on any atom is -0.463 e. The minimum absolute atomic E-state index is 0.263. The van der Waals surface area contributed by atoms with Crippen LogP contribution in [0, 0.1) is 0 Å². The molecule has 0 fully saturated rings. The standard InChI is InChI=1S/C7H12F2O2/c1-3-5(2)11-7(10)4-6(8)9/h5-6H,3-4H2,1-2H3. The van der Waals surface area contributed by atoms with Crippen molar-refractivity contribution in [3.63, 3.8) is 0 Å². The van der Waals surface area contributed by atoms with Crippen LogP contribution >= 0.6 is 0 Å². The van der Waals surface area contributed by atoms with Gasteiger partial charge in [0.1, 0.15) is 6.42 Å². The Bertz CT molecular complexity index is 126. The molecule has 0 spiro atoms. The number of ether oxygens (including phenoxy) is 1. The molecule has 0 saturated heterocycles. The fourth-order valence-electron chi connectivity index (χ4n) is 0.482. The SMILES string of the molecule is CCC(C)OC(=O)CC(F)F. The van der Waals surface area contributed by atoms with Gasteiger partial charge in [0.25, 0.3) is 0 Å². The maximum Gasteiger partial charge on any atom is 0.311 e. The van der Waals surface area contributed by atoms with E-state index in [1.807, 2.05) is 6.92 Å². The summed E-state index contributed by atoms with van der Waals surface area (Å²) in [5, 5.41) is 0. The number of alkyl halides is 2. The van der Waals surface area contributed by atoms with Crippen LogP contribution in [0.5, 0.6) is 0 Å². The fraction of sp³-hybridized carbons (Fsp3) is 0.857. The highest BCUT2D eigenvalue weighted by molar-refractivity contribution is 5.69. The molecule has 0 heterocycles. The average molecular weight is 166 g/mol. The number of esters is 1. The van der Waals surface area contributed by atoms with E-state index in [0.29, 0.717) is 6.42 Å². The van der Waals surface area contributed by atoms with Crippen molar-refractivity contribution in [3.8, 4) is 0 Å². The summed E-state index contributed by atoms with van der Waals surface area (Å²) in [6.45, 7) is 3.49. The van der Waals surface area contributed by atoms with Crippen molar-refractivity contribution < 1.29 is 18.3 Å². The fourth-order valence-corrected chi connectivity index (χ4v) is 0.482. The first-order chi connectivity index (χ1) is 5.06. The monoisotopic (exact) mass is 166 g/mol. The lowest BCUT2D eigenvalue weighted by atomic mass is 10.3. The first kappa shape index (κ1) is 10.3. The van der Waals surface area contributed by atoms with Crippen LogP contribution in [0.3, 0.4) is 0 Å². The Hall–Kier alpha value is -0.670. The lowest BCUT2D eigenvalue weighted by Gasteiger charge is -2.09. The molecule has 0 aromatic rings. The van der Waals surface area contributed by atoms with E-state index in [9.17, 15) is 13.6 Å². The molecule has 0 aromatic heterocycles. The van der Waals surface area contributed by atoms with Crippen LogP contribution in [-0.2, 0) is 9.53 Å². The predicted octanol–water partition coefficient (Wildman–Crippen LogP) is 1.98. The first-order valence-electron chi connectivity index (χ1n) is 3.53. The van der Waals surface area contributed by atoms with Crippen LogP contribution < -0.4 is 0 Å². The third-order valence-corrected chi connectivity index (χ3v) is 1.23. The maximum absolute atomic E-state index is 11.5. The van der Waals surface area contributed by atoms with Gasteiger partial charge in [-0.3, -0.25) is 4.79 Å². The van der Waals surface area contributed by atoms with Gasteiger partial charge in [0, 0.05) is 0 Å². The van der Waals surface area contributed by atoms with Crippen LogP contribution in [0.4, 0.5) is 8.78 Å². The summed E-state index contributed by atoms with van der Waals surface area (Å²) >= 11 is 0. The summed E-state index contributed by atoms with van der Waals surface area (Å²) in [4.78, 5) is 10.5. The molecule has 0 saturated carbocycles. The highest BCUT2D eigenvalue weighted by atomic mass is 19.3. The predicted molar refractivity (Wildman–Crippen MR) is 36.5 cm³/mol. The van der Waals surface area contributed by atoms with Gasteiger partial charge in [-0.1, -0.05) is 6.92 Å². The number of carbonyl (C=O) groups excluding carboxylic acids is 1. The highest BCUT2D eigenvalue weighted by Gasteiger charge is 2.13. The molecule has 66 valence electrons. The summed E-state index contributed by atoms with van der Waals surface area (Å²) in [6, 6.07) is 0. The van der Waals surface area contributed by atoms with Gasteiger partial charge in [-0.25, -0.2) is 8.78 Å². The van der Waals surface area contributed by atoms with Gasteiger partial charge in [-0.15, -0.1) is 0 Å². The van der Waals surface area contributed by atoms with Crippen LogP contribution in [0.15, 0.2) is 0 Å². The number of carbonyl (C=O) groups is 1. The van der Waals surface area contributed by atoms with Crippen molar-refractivity contribution in [2.75, 3.05) is 0 Å². The molecule has 1 unspecified atom stereocenters. The highest BCUT2D eigenvalue weighted by Crippen LogP contribution is 2.04. The van der Waals surface area contributed by atoms with Gasteiger partial charge in [0.15, 0.2) is 0 Å². The molecule has 0 aliphatic carbocycles. The second-order valence-corrected chi connectivity index (χ2v) is 2.30. The van der Waals surface area contributed by atoms with Crippen molar-refractivity contribution in [2.45, 2.75) is 39.2 Å². The molecule has 11 heavy (non-hydrogen) atoms. The van der Waals surface area contributed by atoms with E-state index in [4.69, 9.17) is 0 Å². The molecule has 2 nitrogen and oxygen atoms in total. The Morgan fingerprint density at radius 3 is 2.45 bits per heavy atom. The van der Waals surface area contributed by atoms with E-state index in [1.54, 1.807) is 6.92 Å². The molecule has 0 N–H and O–H groups in total. The van der Waals surface area contributed by atoms with Crippen LogP contribution in [0.2, 0.25) is 0 Å². The van der Waals surface area contributed by atoms with Crippen LogP contribution in [-0.4, -0.2) is 18.5 Å². The molecule has 0 aliphatic heterocycles. The third-order valence-electron chi connectivity index (χ3n) is 1.23. The van der Waals surface area contributed by atoms with E-state index < -0.39 is 18.8 Å². The topological polar surface area (TPSA) is 26.3 Å². The third kappa shape index (κ3) is 5.76. The van der Waals surface area contributed by atoms with Gasteiger partial charge >= 0.3 is 5.97 Å². The zero-order chi connectivity index (χ0) is 8.85. The second-order valence-electron chi connectivity index (χ2n) is 2.30. The van der Waals surface area contributed by atoms with Crippen LogP contribution in [0.25, 0.3) is 0 Å². The molecule has 0 bridgehead atoms. The van der Waals surface area contributed by atoms with Crippen molar-refractivity contribution in [1.29, 1.82) is 0 Å². The molecular weight excluding hydrogens is 154 g/mol. The first-order valence-corrected chi connectivity index (χ1v) is 3.53. The van der Waals surface area contributed by atoms with E-state index in [2.05, 4.69) is 4.74 Å². The number of hydrogen-bond donors (Lipinski definition) is 0. The molecular formula is C7H12F2O2. The quantitative estimate of drug-likeness (QED) is 0.597. The summed E-state index contributed by atoms with van der Waals surface area (Å²) in [5.74, 6) is -0.825. The van der Waals surface area contributed by atoms with Gasteiger partial charge in [0.2, 0.25) is 6.43 Å². The molecule has 0 aliphatic rings. The average Bonchev–Trinajstić information content (AvgIpc) is 1.85. The lowest BCUT2D eigenvalue weighted by molar-refractivity contribution is -0.151. The molecule has 0 radical (unpaired) electrons. The second kappa shape index (κ2) is 5.04. The maximum atomic E-state index is 11.5. The van der Waals surface area contributed by atoms with Crippen molar-refractivity contribution in [1.82, 2.24) is 0 Å². The lowest BCUT2D eigenvalue weighted by Crippen LogP contribution is -2.15. The summed E-state index contributed by atoms with van der Waals surface area (Å²) in [5.41, 5.74) is 0. The Kier molecular flexibility index (Phi) is 4.74. The zero-order valence-corrected chi connectivity index (χ0v) is 6.64. The molecule has 4 heteroatoms. The number of rotatable bonds is 4. The minimum atomic E-state index is -2.61. The molecule has 0 amide bonds. The van der Waals surface area contributed by atoms with E-state index in [-0.39, 0.29) is 6.10 Å². The molecule has 0 aromatic carbocycles. The number of hydrogen-bond acceptors (Lipinski definition) is 2. The van der Waals surface area contributed by atoms with Gasteiger partial charge in [-0.2, -0.15) is 0 Å². The Balaban J connectivity index is 3.52. The molecule has 0 rings (SSSR count). The van der Waals surface area contributed by atoms with E-state index in [0.717, 1.165) is 0 Å². The Labute approximate surface area is 64.5 Å². The Morgan fingerprint density at radius 1 is 1.55 bits per heavy atom. The normalized spacial score (nSPS) is 13.2. The smallest absolute Gasteiger partial charge is 0.311 e. The largest absolute Gasteiger partial charge is 0.463 e. The van der Waals surface area contributed by atoms with Crippen molar-refractivity contribution >= 4 is 5.97 Å². The zero-order valence-electron chi connectivity index (χ0n) is 6.64. The van der Waals surface area contributed by atoms with Gasteiger partial charge < -0.3 is 4.74 Å². The Morgan fingerprint density at radius 2 is 2.09 bits per heavy atom. The summed E-state index contributed by atoms with van der Waals surface area (Å²) in [7, 11) is 0. The summed E-state index contributed by atoms with van der Waals surface area (Å²) in [6.07, 6.45) is -3.02. The van der Waals surface area contributed by atoms with Crippen molar-refractivity contribution in [3.05, 3.63) is 0 Å². The number of halogens is 2. The van der Waals surface area contributed by atoms with E-state index >= 15 is 0 Å². The van der Waals surface area contributed by atoms with Gasteiger partial charge in [-0.05, 0) is 13.3 Å². The van der Waals surface area contributed by atoms with Crippen molar-refractivity contribution in [2.24, 2.45) is 0 Å².